The monoisotopic (exact) mass is 395 g/mol. The summed E-state index contributed by atoms with van der Waals surface area (Å²) in [5, 5.41) is 0. The van der Waals surface area contributed by atoms with E-state index in [-0.39, 0.29) is 0 Å². The molecule has 0 spiro atoms. The molecule has 0 unspecified atom stereocenters. The van der Waals surface area contributed by atoms with E-state index in [0.717, 1.165) is 36.3 Å². The number of benzene rings is 2. The predicted octanol–water partition coefficient (Wildman–Crippen LogP) is 3.96. The average molecular weight is 396 g/mol. The summed E-state index contributed by atoms with van der Waals surface area (Å²) in [5.41, 5.74) is 2.17. The molecular weight excluding hydrogens is 370 g/mol. The molecule has 6 heteroatoms. The van der Waals surface area contributed by atoms with Gasteiger partial charge in [-0.1, -0.05) is 48.0 Å². The maximum absolute atomic E-state index is 12.9. The van der Waals surface area contributed by atoms with Crippen molar-refractivity contribution < 1.29 is 8.42 Å². The largest absolute Gasteiger partial charge is 0.331 e. The van der Waals surface area contributed by atoms with E-state index in [2.05, 4.69) is 21.7 Å². The Morgan fingerprint density at radius 2 is 1.68 bits per heavy atom. The van der Waals surface area contributed by atoms with E-state index in [0.29, 0.717) is 23.9 Å². The summed E-state index contributed by atoms with van der Waals surface area (Å²) in [6.45, 7) is 3.96. The van der Waals surface area contributed by atoms with Gasteiger partial charge in [0.05, 0.1) is 4.90 Å². The van der Waals surface area contributed by atoms with Gasteiger partial charge in [-0.25, -0.2) is 13.4 Å². The number of rotatable bonds is 5. The van der Waals surface area contributed by atoms with Crippen molar-refractivity contribution in [2.24, 2.45) is 5.92 Å². The molecule has 2 aromatic carbocycles. The summed E-state index contributed by atoms with van der Waals surface area (Å²) in [6.07, 6.45) is 5.56. The Labute approximate surface area is 166 Å². The second-order valence-corrected chi connectivity index (χ2v) is 9.37. The molecule has 0 saturated carbocycles. The molecule has 146 valence electrons. The van der Waals surface area contributed by atoms with Crippen LogP contribution >= 0.6 is 0 Å². The SMILES string of the molecule is Cc1ccc(S(=O)(=O)N2CCC(Cn3ccnc3-c3ccccc3)CC2)cc1. The fourth-order valence-corrected chi connectivity index (χ4v) is 5.24. The van der Waals surface area contributed by atoms with E-state index in [4.69, 9.17) is 0 Å². The molecule has 1 aliphatic heterocycles. The van der Waals surface area contributed by atoms with Crippen LogP contribution in [0.15, 0.2) is 71.9 Å². The first-order valence-corrected chi connectivity index (χ1v) is 11.1. The van der Waals surface area contributed by atoms with Crippen LogP contribution < -0.4 is 0 Å². The van der Waals surface area contributed by atoms with Crippen molar-refractivity contribution in [3.8, 4) is 11.4 Å². The molecule has 28 heavy (non-hydrogen) atoms. The van der Waals surface area contributed by atoms with Gasteiger partial charge in [0.15, 0.2) is 0 Å². The maximum atomic E-state index is 12.9. The first-order valence-electron chi connectivity index (χ1n) is 9.67. The van der Waals surface area contributed by atoms with Gasteiger partial charge in [0, 0.05) is 37.6 Å². The van der Waals surface area contributed by atoms with Crippen molar-refractivity contribution in [1.29, 1.82) is 0 Å². The zero-order chi connectivity index (χ0) is 19.6. The van der Waals surface area contributed by atoms with Gasteiger partial charge in [0.1, 0.15) is 5.82 Å². The minimum Gasteiger partial charge on any atom is -0.331 e. The molecule has 3 aromatic rings. The van der Waals surface area contributed by atoms with Crippen LogP contribution in [0, 0.1) is 12.8 Å². The Kier molecular flexibility index (Phi) is 5.33. The molecule has 0 atom stereocenters. The van der Waals surface area contributed by atoms with Crippen LogP contribution in [0.4, 0.5) is 0 Å². The van der Waals surface area contributed by atoms with Gasteiger partial charge in [-0.2, -0.15) is 4.31 Å². The number of aryl methyl sites for hydroxylation is 1. The van der Waals surface area contributed by atoms with Gasteiger partial charge in [-0.15, -0.1) is 0 Å². The van der Waals surface area contributed by atoms with Crippen LogP contribution in [0.3, 0.4) is 0 Å². The Morgan fingerprint density at radius 1 is 1.00 bits per heavy atom. The summed E-state index contributed by atoms with van der Waals surface area (Å²) in [4.78, 5) is 4.90. The minimum atomic E-state index is -3.40. The van der Waals surface area contributed by atoms with Gasteiger partial charge in [0.25, 0.3) is 0 Å². The number of hydrogen-bond acceptors (Lipinski definition) is 3. The third kappa shape index (κ3) is 3.88. The number of nitrogens with zero attached hydrogens (tertiary/aromatic N) is 3. The zero-order valence-electron chi connectivity index (χ0n) is 16.0. The molecule has 2 heterocycles. The van der Waals surface area contributed by atoms with E-state index in [1.54, 1.807) is 16.4 Å². The van der Waals surface area contributed by atoms with Gasteiger partial charge in [0.2, 0.25) is 10.0 Å². The average Bonchev–Trinajstić information content (AvgIpc) is 3.17. The van der Waals surface area contributed by atoms with E-state index in [9.17, 15) is 8.42 Å². The number of aromatic nitrogens is 2. The number of sulfonamides is 1. The van der Waals surface area contributed by atoms with Crippen LogP contribution in [0.1, 0.15) is 18.4 Å². The number of piperidine rings is 1. The lowest BCUT2D eigenvalue weighted by Gasteiger charge is -2.31. The third-order valence-electron chi connectivity index (χ3n) is 5.43. The number of hydrogen-bond donors (Lipinski definition) is 0. The van der Waals surface area contributed by atoms with Crippen molar-refractivity contribution in [3.05, 3.63) is 72.6 Å². The van der Waals surface area contributed by atoms with Gasteiger partial charge < -0.3 is 4.57 Å². The highest BCUT2D eigenvalue weighted by Gasteiger charge is 2.29. The Morgan fingerprint density at radius 3 is 2.36 bits per heavy atom. The van der Waals surface area contributed by atoms with E-state index < -0.39 is 10.0 Å². The Bertz CT molecular complexity index is 1020. The molecule has 4 rings (SSSR count). The summed E-state index contributed by atoms with van der Waals surface area (Å²) in [7, 11) is -3.40. The molecule has 1 fully saturated rings. The highest BCUT2D eigenvalue weighted by atomic mass is 32.2. The quantitative estimate of drug-likeness (QED) is 0.657. The van der Waals surface area contributed by atoms with Gasteiger partial charge in [-0.05, 0) is 37.8 Å². The second kappa shape index (κ2) is 7.89. The second-order valence-electron chi connectivity index (χ2n) is 7.43. The van der Waals surface area contributed by atoms with Crippen molar-refractivity contribution in [2.45, 2.75) is 31.2 Å². The summed E-state index contributed by atoms with van der Waals surface area (Å²) >= 11 is 0. The van der Waals surface area contributed by atoms with Crippen LogP contribution in [0.5, 0.6) is 0 Å². The zero-order valence-corrected chi connectivity index (χ0v) is 16.8. The first kappa shape index (κ1) is 18.9. The van der Waals surface area contributed by atoms with Crippen LogP contribution in [0.25, 0.3) is 11.4 Å². The molecule has 1 aliphatic rings. The van der Waals surface area contributed by atoms with E-state index in [1.165, 1.54) is 0 Å². The standard InChI is InChI=1S/C22H25N3O2S/c1-18-7-9-21(10-8-18)28(26,27)25-14-11-19(12-15-25)17-24-16-13-23-22(24)20-5-3-2-4-6-20/h2-10,13,16,19H,11-12,14-15,17H2,1H3. The lowest BCUT2D eigenvalue weighted by molar-refractivity contribution is 0.253. The van der Waals surface area contributed by atoms with Crippen molar-refractivity contribution in [3.63, 3.8) is 0 Å². The van der Waals surface area contributed by atoms with Crippen molar-refractivity contribution in [1.82, 2.24) is 13.9 Å². The molecule has 1 saturated heterocycles. The van der Waals surface area contributed by atoms with Crippen molar-refractivity contribution >= 4 is 10.0 Å². The topological polar surface area (TPSA) is 55.2 Å². The molecule has 0 aliphatic carbocycles. The van der Waals surface area contributed by atoms with Gasteiger partial charge in [-0.3, -0.25) is 0 Å². The van der Waals surface area contributed by atoms with Crippen LogP contribution in [0.2, 0.25) is 0 Å². The van der Waals surface area contributed by atoms with Crippen LogP contribution in [-0.2, 0) is 16.6 Å². The number of imidazole rings is 1. The minimum absolute atomic E-state index is 0.387. The Balaban J connectivity index is 1.42. The molecule has 0 amide bonds. The Hall–Kier alpha value is -2.44. The summed E-state index contributed by atoms with van der Waals surface area (Å²) < 4.78 is 29.6. The smallest absolute Gasteiger partial charge is 0.243 e. The highest BCUT2D eigenvalue weighted by Crippen LogP contribution is 2.26. The summed E-state index contributed by atoms with van der Waals surface area (Å²) in [5.74, 6) is 1.41. The van der Waals surface area contributed by atoms with E-state index in [1.807, 2.05) is 49.6 Å². The fraction of sp³-hybridized carbons (Fsp3) is 0.318. The molecule has 5 nitrogen and oxygen atoms in total. The highest BCUT2D eigenvalue weighted by molar-refractivity contribution is 7.89. The molecule has 0 N–H and O–H groups in total. The molecule has 1 aromatic heterocycles. The first-order chi connectivity index (χ1) is 13.5. The lowest BCUT2D eigenvalue weighted by atomic mass is 9.98. The van der Waals surface area contributed by atoms with E-state index >= 15 is 0 Å². The van der Waals surface area contributed by atoms with Crippen molar-refractivity contribution in [2.75, 3.05) is 13.1 Å². The predicted molar refractivity (Wildman–Crippen MR) is 110 cm³/mol. The lowest BCUT2D eigenvalue weighted by Crippen LogP contribution is -2.39. The fourth-order valence-electron chi connectivity index (χ4n) is 3.77. The normalized spacial score (nSPS) is 16.3. The third-order valence-corrected chi connectivity index (χ3v) is 7.35. The maximum Gasteiger partial charge on any atom is 0.243 e. The van der Waals surface area contributed by atoms with Crippen LogP contribution in [-0.4, -0.2) is 35.4 Å². The molecule has 0 radical (unpaired) electrons. The van der Waals surface area contributed by atoms with Gasteiger partial charge >= 0.3 is 0 Å². The molecule has 0 bridgehead atoms. The molecular formula is C22H25N3O2S. The summed E-state index contributed by atoms with van der Waals surface area (Å²) in [6, 6.07) is 17.3.